The lowest BCUT2D eigenvalue weighted by molar-refractivity contribution is 0.300. The molecule has 3 aromatic carbocycles. The molecule has 0 radical (unpaired) electrons. The minimum Gasteiger partial charge on any atom is -0.492 e. The molecule has 5 aromatic rings. The molecule has 0 amide bonds. The van der Waals surface area contributed by atoms with Gasteiger partial charge in [-0.3, -0.25) is 0 Å². The van der Waals surface area contributed by atoms with Gasteiger partial charge >= 0.3 is 0 Å². The van der Waals surface area contributed by atoms with E-state index in [1.807, 2.05) is 28.8 Å². The normalized spacial score (nSPS) is 11.2. The molecule has 2 heterocycles. The largest absolute Gasteiger partial charge is 0.492 e. The Morgan fingerprint density at radius 1 is 0.871 bits per heavy atom. The highest BCUT2D eigenvalue weighted by atomic mass is 19.1. The highest BCUT2D eigenvalue weighted by Gasteiger charge is 2.17. The Labute approximate surface area is 176 Å². The van der Waals surface area contributed by atoms with Crippen LogP contribution >= 0.6 is 0 Å². The van der Waals surface area contributed by atoms with E-state index in [0.717, 1.165) is 16.6 Å². The van der Waals surface area contributed by atoms with E-state index in [1.165, 1.54) is 24.3 Å². The van der Waals surface area contributed by atoms with Gasteiger partial charge in [0.05, 0.1) is 17.6 Å². The van der Waals surface area contributed by atoms with Crippen LogP contribution in [0.3, 0.4) is 0 Å². The van der Waals surface area contributed by atoms with Gasteiger partial charge in [-0.1, -0.05) is 17.3 Å². The summed E-state index contributed by atoms with van der Waals surface area (Å²) in [5.41, 5.74) is 3.05. The van der Waals surface area contributed by atoms with E-state index in [4.69, 9.17) is 14.2 Å². The van der Waals surface area contributed by atoms with Crippen LogP contribution in [-0.2, 0) is 6.54 Å². The van der Waals surface area contributed by atoms with Crippen LogP contribution in [0.25, 0.3) is 33.9 Å². The smallest absolute Gasteiger partial charge is 0.167 e. The molecule has 0 aliphatic heterocycles. The molecule has 154 valence electrons. The third kappa shape index (κ3) is 3.90. The van der Waals surface area contributed by atoms with Crippen molar-refractivity contribution in [2.24, 2.45) is 0 Å². The minimum absolute atomic E-state index is 0.307. The third-order valence-electron chi connectivity index (χ3n) is 4.92. The average molecular weight is 417 g/mol. The van der Waals surface area contributed by atoms with Crippen LogP contribution < -0.4 is 4.74 Å². The quantitative estimate of drug-likeness (QED) is 0.355. The van der Waals surface area contributed by atoms with Gasteiger partial charge in [-0.15, -0.1) is 0 Å². The monoisotopic (exact) mass is 417 g/mol. The second-order valence-electron chi connectivity index (χ2n) is 6.96. The predicted octanol–water partition coefficient (Wildman–Crippen LogP) is 5.72. The van der Waals surface area contributed by atoms with Crippen molar-refractivity contribution in [2.45, 2.75) is 6.54 Å². The third-order valence-corrected chi connectivity index (χ3v) is 4.92. The molecule has 0 aliphatic carbocycles. The van der Waals surface area contributed by atoms with Crippen LogP contribution in [0.4, 0.5) is 8.78 Å². The van der Waals surface area contributed by atoms with Gasteiger partial charge in [0.1, 0.15) is 29.7 Å². The zero-order valence-electron chi connectivity index (χ0n) is 16.3. The van der Waals surface area contributed by atoms with Crippen molar-refractivity contribution in [1.29, 1.82) is 0 Å². The van der Waals surface area contributed by atoms with Crippen LogP contribution in [0.2, 0.25) is 0 Å². The van der Waals surface area contributed by atoms with Crippen molar-refractivity contribution in [3.05, 3.63) is 90.5 Å². The molecule has 2 aromatic heterocycles. The Morgan fingerprint density at radius 3 is 2.35 bits per heavy atom. The highest BCUT2D eigenvalue weighted by molar-refractivity contribution is 5.80. The van der Waals surface area contributed by atoms with Crippen LogP contribution in [0, 0.1) is 11.6 Å². The zero-order chi connectivity index (χ0) is 21.2. The van der Waals surface area contributed by atoms with Crippen LogP contribution in [0.1, 0.15) is 0 Å². The number of imidazole rings is 1. The summed E-state index contributed by atoms with van der Waals surface area (Å²) in [4.78, 5) is 4.72. The Morgan fingerprint density at radius 2 is 1.58 bits per heavy atom. The summed E-state index contributed by atoms with van der Waals surface area (Å²) >= 11 is 0. The van der Waals surface area contributed by atoms with Crippen LogP contribution in [0.15, 0.2) is 83.4 Å². The first-order chi connectivity index (χ1) is 15.2. The number of ether oxygens (including phenoxy) is 1. The first-order valence-electron chi connectivity index (χ1n) is 9.74. The van der Waals surface area contributed by atoms with Crippen molar-refractivity contribution in [3.63, 3.8) is 0 Å². The molecule has 0 aliphatic rings. The summed E-state index contributed by atoms with van der Waals surface area (Å²) in [5.74, 6) is 1.13. The van der Waals surface area contributed by atoms with E-state index in [2.05, 4.69) is 5.16 Å². The number of fused-ring (bicyclic) bond motifs is 1. The van der Waals surface area contributed by atoms with E-state index < -0.39 is 0 Å². The van der Waals surface area contributed by atoms with Gasteiger partial charge in [-0.05, 0) is 60.7 Å². The molecule has 0 spiro atoms. The van der Waals surface area contributed by atoms with Crippen molar-refractivity contribution < 1.29 is 18.0 Å². The van der Waals surface area contributed by atoms with Crippen LogP contribution in [-0.4, -0.2) is 21.3 Å². The molecule has 0 saturated carbocycles. The molecule has 5 nitrogen and oxygen atoms in total. The molecule has 0 atom stereocenters. The lowest BCUT2D eigenvalue weighted by Gasteiger charge is -2.09. The average Bonchev–Trinajstić information content (AvgIpc) is 3.41. The summed E-state index contributed by atoms with van der Waals surface area (Å²) < 4.78 is 39.6. The van der Waals surface area contributed by atoms with E-state index in [-0.39, 0.29) is 11.6 Å². The lowest BCUT2D eigenvalue weighted by atomic mass is 10.1. The molecule has 7 heteroatoms. The molecule has 0 N–H and O–H groups in total. The number of hydrogen-bond donors (Lipinski definition) is 0. The zero-order valence-corrected chi connectivity index (χ0v) is 16.3. The van der Waals surface area contributed by atoms with Crippen molar-refractivity contribution in [2.75, 3.05) is 6.61 Å². The molecule has 0 saturated heterocycles. The Kier molecular flexibility index (Phi) is 4.92. The number of para-hydroxylation sites is 2. The minimum atomic E-state index is -0.313. The fourth-order valence-electron chi connectivity index (χ4n) is 3.41. The van der Waals surface area contributed by atoms with Crippen molar-refractivity contribution in [1.82, 2.24) is 14.7 Å². The number of nitrogens with zero attached hydrogens (tertiary/aromatic N) is 3. The Bertz CT molecular complexity index is 1330. The van der Waals surface area contributed by atoms with E-state index in [0.29, 0.717) is 36.2 Å². The number of halogens is 2. The SMILES string of the molecule is Fc1ccc(OCCn2c(-c3cc(-c4ccc(F)cc4)on3)nc3ccccc32)cc1. The summed E-state index contributed by atoms with van der Waals surface area (Å²) in [6.07, 6.45) is 0. The van der Waals surface area contributed by atoms with Gasteiger partial charge in [0.15, 0.2) is 11.6 Å². The van der Waals surface area contributed by atoms with Gasteiger partial charge < -0.3 is 13.8 Å². The molecule has 0 fully saturated rings. The van der Waals surface area contributed by atoms with E-state index in [9.17, 15) is 8.78 Å². The summed E-state index contributed by atoms with van der Waals surface area (Å²) in [7, 11) is 0. The summed E-state index contributed by atoms with van der Waals surface area (Å²) in [6.45, 7) is 0.869. The Hall–Kier alpha value is -4.00. The van der Waals surface area contributed by atoms with Crippen molar-refractivity contribution >= 4 is 11.0 Å². The maximum absolute atomic E-state index is 13.2. The summed E-state index contributed by atoms with van der Waals surface area (Å²) in [6, 6.07) is 21.5. The molecule has 0 unspecified atom stereocenters. The molecule has 5 rings (SSSR count). The van der Waals surface area contributed by atoms with Gasteiger partial charge in [0, 0.05) is 11.6 Å². The highest BCUT2D eigenvalue weighted by Crippen LogP contribution is 2.28. The fraction of sp³-hybridized carbons (Fsp3) is 0.0833. The van der Waals surface area contributed by atoms with Gasteiger partial charge in [-0.25, -0.2) is 13.8 Å². The number of rotatable bonds is 6. The first-order valence-corrected chi connectivity index (χ1v) is 9.74. The van der Waals surface area contributed by atoms with Gasteiger partial charge in [0.2, 0.25) is 0 Å². The topological polar surface area (TPSA) is 53.1 Å². The van der Waals surface area contributed by atoms with Crippen molar-refractivity contribution in [3.8, 4) is 28.6 Å². The van der Waals surface area contributed by atoms with Gasteiger partial charge in [0.25, 0.3) is 0 Å². The molecule has 31 heavy (non-hydrogen) atoms. The van der Waals surface area contributed by atoms with E-state index in [1.54, 1.807) is 30.3 Å². The fourth-order valence-corrected chi connectivity index (χ4v) is 3.41. The second-order valence-corrected chi connectivity index (χ2v) is 6.96. The number of benzene rings is 3. The molecular weight excluding hydrogens is 400 g/mol. The Balaban J connectivity index is 1.44. The number of hydrogen-bond acceptors (Lipinski definition) is 4. The number of aromatic nitrogens is 3. The lowest BCUT2D eigenvalue weighted by Crippen LogP contribution is -2.09. The van der Waals surface area contributed by atoms with Gasteiger partial charge in [-0.2, -0.15) is 0 Å². The predicted molar refractivity (Wildman–Crippen MR) is 113 cm³/mol. The maximum atomic E-state index is 13.2. The van der Waals surface area contributed by atoms with Crippen LogP contribution in [0.5, 0.6) is 5.75 Å². The molecule has 0 bridgehead atoms. The maximum Gasteiger partial charge on any atom is 0.167 e. The summed E-state index contributed by atoms with van der Waals surface area (Å²) in [5, 5.41) is 4.18. The first kappa shape index (κ1) is 19.0. The second kappa shape index (κ2) is 8.02. The molecular formula is C24H17F2N3O2. The van der Waals surface area contributed by atoms with E-state index >= 15 is 0 Å². The standard InChI is InChI=1S/C24H17F2N3O2/c25-17-7-5-16(6-8-17)23-15-21(28-31-23)24-27-20-3-1-2-4-22(20)29(24)13-14-30-19-11-9-18(26)10-12-19/h1-12,15H,13-14H2.